The number of methoxy groups -OCH3 is 1. The van der Waals surface area contributed by atoms with E-state index in [0.29, 0.717) is 16.5 Å². The molecule has 2 aliphatic heterocycles. The molecule has 0 aromatic heterocycles. The van der Waals surface area contributed by atoms with Crippen molar-refractivity contribution in [1.82, 2.24) is 0 Å². The summed E-state index contributed by atoms with van der Waals surface area (Å²) in [6.45, 7) is 3.39. The maximum absolute atomic E-state index is 13.0. The van der Waals surface area contributed by atoms with Crippen LogP contribution in [-0.2, 0) is 9.59 Å². The smallest absolute Gasteiger partial charge is 0.292 e. The lowest BCUT2D eigenvalue weighted by atomic mass is 10.1. The Morgan fingerprint density at radius 2 is 1.75 bits per heavy atom. The molecule has 0 unspecified atom stereocenters. The van der Waals surface area contributed by atoms with E-state index in [1.165, 1.54) is 22.6 Å². The van der Waals surface area contributed by atoms with Gasteiger partial charge in [0.1, 0.15) is 5.75 Å². The standard InChI is InChI=1S/C21H22ClN3O3/c1-28-19-8-7-16(13-17(19)22)25-20(26)14-18(21(25)27)24-11-9-23(10-12-24)15-5-3-2-4-6-15/h2-8,13,18H,9-12,14H2,1H3/p+1/t18-/m1/s1. The zero-order chi connectivity index (χ0) is 19.7. The maximum atomic E-state index is 13.0. The molecule has 2 amide bonds. The summed E-state index contributed by atoms with van der Waals surface area (Å²) < 4.78 is 5.15. The van der Waals surface area contributed by atoms with Gasteiger partial charge in [0.05, 0.1) is 50.4 Å². The number of imide groups is 1. The van der Waals surface area contributed by atoms with E-state index >= 15 is 0 Å². The van der Waals surface area contributed by atoms with Crippen molar-refractivity contribution in [1.29, 1.82) is 0 Å². The quantitative estimate of drug-likeness (QED) is 0.788. The molecule has 0 saturated carbocycles. The molecular weight excluding hydrogens is 378 g/mol. The Morgan fingerprint density at radius 1 is 1.04 bits per heavy atom. The van der Waals surface area contributed by atoms with Crippen molar-refractivity contribution in [2.45, 2.75) is 12.5 Å². The van der Waals surface area contributed by atoms with Gasteiger partial charge in [0.2, 0.25) is 5.91 Å². The van der Waals surface area contributed by atoms with Gasteiger partial charge in [0, 0.05) is 5.69 Å². The zero-order valence-electron chi connectivity index (χ0n) is 15.7. The van der Waals surface area contributed by atoms with Gasteiger partial charge in [0.25, 0.3) is 5.91 Å². The Labute approximate surface area is 169 Å². The highest BCUT2D eigenvalue weighted by molar-refractivity contribution is 6.32. The highest BCUT2D eigenvalue weighted by Crippen LogP contribution is 2.31. The summed E-state index contributed by atoms with van der Waals surface area (Å²) in [5, 5.41) is 0.382. The minimum Gasteiger partial charge on any atom is -0.495 e. The number of anilines is 2. The molecule has 2 aliphatic rings. The maximum Gasteiger partial charge on any atom is 0.292 e. The van der Waals surface area contributed by atoms with E-state index in [-0.39, 0.29) is 24.3 Å². The van der Waals surface area contributed by atoms with Crippen molar-refractivity contribution in [3.05, 3.63) is 53.6 Å². The number of nitrogens with zero attached hydrogens (tertiary/aromatic N) is 2. The number of halogens is 1. The summed E-state index contributed by atoms with van der Waals surface area (Å²) >= 11 is 6.18. The first kappa shape index (κ1) is 18.8. The van der Waals surface area contributed by atoms with Gasteiger partial charge in [-0.2, -0.15) is 0 Å². The molecule has 2 fully saturated rings. The number of carbonyl (C=O) groups is 2. The highest BCUT2D eigenvalue weighted by atomic mass is 35.5. The van der Waals surface area contributed by atoms with Gasteiger partial charge in [-0.15, -0.1) is 0 Å². The van der Waals surface area contributed by atoms with E-state index in [1.54, 1.807) is 18.2 Å². The minimum atomic E-state index is -0.327. The van der Waals surface area contributed by atoms with Crippen LogP contribution in [0, 0.1) is 0 Å². The molecule has 146 valence electrons. The number of quaternary nitrogens is 1. The van der Waals surface area contributed by atoms with Crippen LogP contribution in [0.3, 0.4) is 0 Å². The number of amides is 2. The molecule has 0 aliphatic carbocycles. The van der Waals surface area contributed by atoms with Crippen molar-refractivity contribution in [3.63, 3.8) is 0 Å². The third-order valence-corrected chi connectivity index (χ3v) is 5.86. The van der Waals surface area contributed by atoms with Crippen LogP contribution in [0.2, 0.25) is 5.02 Å². The average molecular weight is 401 g/mol. The highest BCUT2D eigenvalue weighted by Gasteiger charge is 2.46. The van der Waals surface area contributed by atoms with Crippen LogP contribution in [0.4, 0.5) is 11.4 Å². The minimum absolute atomic E-state index is 0.144. The van der Waals surface area contributed by atoms with Crippen LogP contribution < -0.4 is 19.4 Å². The van der Waals surface area contributed by atoms with Crippen LogP contribution in [0.15, 0.2) is 48.5 Å². The lowest BCUT2D eigenvalue weighted by Crippen LogP contribution is -3.19. The van der Waals surface area contributed by atoms with Crippen molar-refractivity contribution < 1.29 is 19.2 Å². The van der Waals surface area contributed by atoms with Gasteiger partial charge in [-0.1, -0.05) is 29.8 Å². The van der Waals surface area contributed by atoms with E-state index in [9.17, 15) is 9.59 Å². The molecule has 6 nitrogen and oxygen atoms in total. The Bertz CT molecular complexity index is 882. The van der Waals surface area contributed by atoms with E-state index in [1.807, 2.05) is 18.2 Å². The van der Waals surface area contributed by atoms with Gasteiger partial charge in [-0.3, -0.25) is 9.59 Å². The molecule has 2 heterocycles. The van der Waals surface area contributed by atoms with E-state index < -0.39 is 0 Å². The third kappa shape index (κ3) is 3.45. The van der Waals surface area contributed by atoms with Crippen molar-refractivity contribution in [2.24, 2.45) is 0 Å². The summed E-state index contributed by atoms with van der Waals surface area (Å²) in [5.74, 6) is 0.201. The summed E-state index contributed by atoms with van der Waals surface area (Å²) in [4.78, 5) is 30.4. The fourth-order valence-corrected chi connectivity index (χ4v) is 4.31. The number of para-hydroxylation sites is 1. The van der Waals surface area contributed by atoms with Crippen LogP contribution in [0.5, 0.6) is 5.75 Å². The number of ether oxygens (including phenoxy) is 1. The summed E-state index contributed by atoms with van der Waals surface area (Å²) in [6.07, 6.45) is 0.239. The molecule has 28 heavy (non-hydrogen) atoms. The summed E-state index contributed by atoms with van der Waals surface area (Å²) in [7, 11) is 1.53. The van der Waals surface area contributed by atoms with Gasteiger partial charge in [-0.05, 0) is 30.3 Å². The lowest BCUT2D eigenvalue weighted by molar-refractivity contribution is -0.915. The Balaban J connectivity index is 1.45. The average Bonchev–Trinajstić information content (AvgIpc) is 3.03. The second-order valence-corrected chi connectivity index (χ2v) is 7.53. The first-order chi connectivity index (χ1) is 13.6. The molecule has 4 rings (SSSR count). The van der Waals surface area contributed by atoms with Gasteiger partial charge < -0.3 is 14.5 Å². The number of piperazine rings is 1. The Hall–Kier alpha value is -2.57. The number of hydrogen-bond acceptors (Lipinski definition) is 4. The largest absolute Gasteiger partial charge is 0.495 e. The van der Waals surface area contributed by atoms with Crippen LogP contribution in [0.25, 0.3) is 0 Å². The predicted octanol–water partition coefficient (Wildman–Crippen LogP) is 1.39. The van der Waals surface area contributed by atoms with Gasteiger partial charge in [0.15, 0.2) is 6.04 Å². The topological polar surface area (TPSA) is 54.3 Å². The number of benzene rings is 2. The number of hydrogen-bond donors (Lipinski definition) is 1. The van der Waals surface area contributed by atoms with E-state index in [4.69, 9.17) is 16.3 Å². The van der Waals surface area contributed by atoms with Gasteiger partial charge >= 0.3 is 0 Å². The number of carbonyl (C=O) groups excluding carboxylic acids is 2. The second-order valence-electron chi connectivity index (χ2n) is 7.12. The van der Waals surface area contributed by atoms with Crippen molar-refractivity contribution >= 4 is 34.8 Å². The monoisotopic (exact) mass is 400 g/mol. The fourth-order valence-electron chi connectivity index (χ4n) is 4.06. The fraction of sp³-hybridized carbons (Fsp3) is 0.333. The molecule has 0 radical (unpaired) electrons. The molecule has 1 N–H and O–H groups in total. The van der Waals surface area contributed by atoms with Crippen molar-refractivity contribution in [2.75, 3.05) is 43.1 Å². The second kappa shape index (κ2) is 7.81. The lowest BCUT2D eigenvalue weighted by Gasteiger charge is -2.35. The molecule has 0 bridgehead atoms. The van der Waals surface area contributed by atoms with Crippen molar-refractivity contribution in [3.8, 4) is 5.75 Å². The Kier molecular flexibility index (Phi) is 5.24. The molecular formula is C21H23ClN3O3+. The normalized spacial score (nSPS) is 20.7. The summed E-state index contributed by atoms with van der Waals surface area (Å²) in [6, 6.07) is 14.9. The van der Waals surface area contributed by atoms with Crippen LogP contribution >= 0.6 is 11.6 Å². The first-order valence-corrected chi connectivity index (χ1v) is 9.81. The Morgan fingerprint density at radius 3 is 2.39 bits per heavy atom. The van der Waals surface area contributed by atoms with E-state index in [0.717, 1.165) is 26.2 Å². The summed E-state index contributed by atoms with van der Waals surface area (Å²) in [5.41, 5.74) is 1.70. The van der Waals surface area contributed by atoms with Gasteiger partial charge in [-0.25, -0.2) is 4.90 Å². The molecule has 1 atom stereocenters. The zero-order valence-corrected chi connectivity index (χ0v) is 16.5. The number of nitrogens with one attached hydrogen (secondary N) is 1. The molecule has 2 saturated heterocycles. The molecule has 2 aromatic rings. The molecule has 7 heteroatoms. The van der Waals surface area contributed by atoms with Crippen LogP contribution in [-0.4, -0.2) is 51.1 Å². The third-order valence-electron chi connectivity index (χ3n) is 5.56. The molecule has 0 spiro atoms. The van der Waals surface area contributed by atoms with Crippen LogP contribution in [0.1, 0.15) is 6.42 Å². The first-order valence-electron chi connectivity index (χ1n) is 9.43. The number of rotatable bonds is 4. The predicted molar refractivity (Wildman–Crippen MR) is 108 cm³/mol. The molecule has 2 aromatic carbocycles. The van der Waals surface area contributed by atoms with E-state index in [2.05, 4.69) is 17.0 Å². The SMILES string of the molecule is COc1ccc(N2C(=O)C[C@@H]([NH+]3CCN(c4ccccc4)CC3)C2=O)cc1Cl.